The Kier molecular flexibility index (Phi) is 4.66. The van der Waals surface area contributed by atoms with Crippen molar-refractivity contribution < 1.29 is 23.1 Å². The molecule has 0 saturated carbocycles. The zero-order valence-corrected chi connectivity index (χ0v) is 12.1. The first kappa shape index (κ1) is 15.5. The fraction of sp³-hybridized carbons (Fsp3) is 0.417. The fourth-order valence-corrected chi connectivity index (χ4v) is 3.62. The Morgan fingerprint density at radius 2 is 1.95 bits per heavy atom. The van der Waals surface area contributed by atoms with Gasteiger partial charge in [-0.1, -0.05) is 12.1 Å². The molecular formula is C12H17N3O5S. The van der Waals surface area contributed by atoms with E-state index in [1.807, 2.05) is 0 Å². The zero-order valence-electron chi connectivity index (χ0n) is 11.3. The molecule has 1 aromatic rings. The molecular weight excluding hydrogens is 298 g/mol. The molecule has 116 valence electrons. The number of rotatable bonds is 5. The van der Waals surface area contributed by atoms with Gasteiger partial charge in [0.1, 0.15) is 6.54 Å². The lowest BCUT2D eigenvalue weighted by Gasteiger charge is -2.32. The molecule has 8 nitrogen and oxygen atoms in total. The molecule has 0 unspecified atom stereocenters. The predicted molar refractivity (Wildman–Crippen MR) is 77.1 cm³/mol. The van der Waals surface area contributed by atoms with Gasteiger partial charge in [-0.25, -0.2) is 4.31 Å². The average molecular weight is 315 g/mol. The standard InChI is InChI=1S/C12H17N3O5S/c13-10-3-1-2-4-11(10)15(9-12(16)17)21(18,19)14-5-7-20-8-6-14/h1-4H,5-9,13H2,(H,16,17). The van der Waals surface area contributed by atoms with Crippen molar-refractivity contribution in [1.29, 1.82) is 0 Å². The highest BCUT2D eigenvalue weighted by molar-refractivity contribution is 7.90. The second kappa shape index (κ2) is 6.29. The number of carboxylic acid groups (broad SMARTS) is 1. The van der Waals surface area contributed by atoms with E-state index in [1.165, 1.54) is 16.4 Å². The summed E-state index contributed by atoms with van der Waals surface area (Å²) in [4.78, 5) is 11.0. The highest BCUT2D eigenvalue weighted by Gasteiger charge is 2.33. The maximum atomic E-state index is 12.7. The summed E-state index contributed by atoms with van der Waals surface area (Å²) in [5.74, 6) is -1.25. The molecule has 1 aromatic carbocycles. The van der Waals surface area contributed by atoms with Crippen LogP contribution in [0, 0.1) is 0 Å². The van der Waals surface area contributed by atoms with E-state index in [-0.39, 0.29) is 37.7 Å². The van der Waals surface area contributed by atoms with Crippen molar-refractivity contribution in [1.82, 2.24) is 4.31 Å². The third-order valence-corrected chi connectivity index (χ3v) is 4.96. The molecule has 0 radical (unpaired) electrons. The first-order valence-electron chi connectivity index (χ1n) is 6.35. The topological polar surface area (TPSA) is 113 Å². The molecule has 21 heavy (non-hydrogen) atoms. The number of nitrogens with two attached hydrogens (primary N) is 1. The van der Waals surface area contributed by atoms with Gasteiger partial charge in [-0.2, -0.15) is 12.7 Å². The summed E-state index contributed by atoms with van der Waals surface area (Å²) in [5.41, 5.74) is 6.14. The Labute approximate surface area is 122 Å². The summed E-state index contributed by atoms with van der Waals surface area (Å²) in [5, 5.41) is 9.01. The number of carboxylic acids is 1. The largest absolute Gasteiger partial charge is 0.480 e. The second-order valence-corrected chi connectivity index (χ2v) is 6.33. The van der Waals surface area contributed by atoms with E-state index < -0.39 is 22.7 Å². The fourth-order valence-electron chi connectivity index (χ4n) is 2.05. The van der Waals surface area contributed by atoms with E-state index in [2.05, 4.69) is 0 Å². The molecule has 0 aliphatic carbocycles. The molecule has 1 aliphatic rings. The Balaban J connectivity index is 2.40. The number of benzene rings is 1. The molecule has 1 aliphatic heterocycles. The Morgan fingerprint density at radius 1 is 1.33 bits per heavy atom. The lowest BCUT2D eigenvalue weighted by Crippen LogP contribution is -2.50. The Hall–Kier alpha value is -1.84. The van der Waals surface area contributed by atoms with Gasteiger partial charge in [-0.15, -0.1) is 0 Å². The maximum absolute atomic E-state index is 12.7. The van der Waals surface area contributed by atoms with Crippen LogP contribution >= 0.6 is 0 Å². The molecule has 1 heterocycles. The van der Waals surface area contributed by atoms with Gasteiger partial charge in [-0.05, 0) is 12.1 Å². The number of carbonyl (C=O) groups is 1. The van der Waals surface area contributed by atoms with Crippen molar-refractivity contribution >= 4 is 27.6 Å². The zero-order chi connectivity index (χ0) is 15.5. The minimum Gasteiger partial charge on any atom is -0.480 e. The van der Waals surface area contributed by atoms with Crippen LogP contribution in [-0.2, 0) is 19.7 Å². The van der Waals surface area contributed by atoms with Crippen LogP contribution in [0.5, 0.6) is 0 Å². The molecule has 0 bridgehead atoms. The van der Waals surface area contributed by atoms with E-state index in [4.69, 9.17) is 15.6 Å². The second-order valence-electron chi connectivity index (χ2n) is 4.48. The lowest BCUT2D eigenvalue weighted by atomic mass is 10.3. The third kappa shape index (κ3) is 3.43. The van der Waals surface area contributed by atoms with Crippen LogP contribution < -0.4 is 10.0 Å². The number of anilines is 2. The van der Waals surface area contributed by atoms with Crippen LogP contribution in [-0.4, -0.2) is 56.6 Å². The molecule has 0 amide bonds. The van der Waals surface area contributed by atoms with Crippen molar-refractivity contribution in [2.24, 2.45) is 0 Å². The van der Waals surface area contributed by atoms with Gasteiger partial charge in [0.05, 0.1) is 24.6 Å². The van der Waals surface area contributed by atoms with Crippen molar-refractivity contribution in [3.05, 3.63) is 24.3 Å². The summed E-state index contributed by atoms with van der Waals surface area (Å²) < 4.78 is 32.4. The molecule has 1 fully saturated rings. The normalized spacial score (nSPS) is 16.6. The number of aliphatic carboxylic acids is 1. The number of ether oxygens (including phenoxy) is 1. The number of hydrogen-bond acceptors (Lipinski definition) is 5. The molecule has 0 spiro atoms. The molecule has 9 heteroatoms. The van der Waals surface area contributed by atoms with E-state index in [9.17, 15) is 13.2 Å². The monoisotopic (exact) mass is 315 g/mol. The Bertz CT molecular complexity index is 613. The maximum Gasteiger partial charge on any atom is 0.324 e. The predicted octanol–water partition coefficient (Wildman–Crippen LogP) is -0.263. The highest BCUT2D eigenvalue weighted by atomic mass is 32.2. The molecule has 2 rings (SSSR count). The third-order valence-electron chi connectivity index (χ3n) is 3.06. The van der Waals surface area contributed by atoms with Crippen molar-refractivity contribution in [2.75, 3.05) is 42.9 Å². The molecule has 0 aromatic heterocycles. The van der Waals surface area contributed by atoms with Crippen LogP contribution in [0.1, 0.15) is 0 Å². The quantitative estimate of drug-likeness (QED) is 0.724. The summed E-state index contributed by atoms with van der Waals surface area (Å²) in [6.45, 7) is 0.249. The lowest BCUT2D eigenvalue weighted by molar-refractivity contribution is -0.135. The number of nitrogens with zero attached hydrogens (tertiary/aromatic N) is 2. The summed E-state index contributed by atoms with van der Waals surface area (Å²) in [7, 11) is -3.97. The van der Waals surface area contributed by atoms with Gasteiger partial charge < -0.3 is 15.6 Å². The van der Waals surface area contributed by atoms with E-state index in [0.29, 0.717) is 0 Å². The number of morpholine rings is 1. The first-order valence-corrected chi connectivity index (χ1v) is 7.74. The molecule has 3 N–H and O–H groups in total. The summed E-state index contributed by atoms with van der Waals surface area (Å²) in [6, 6.07) is 6.27. The summed E-state index contributed by atoms with van der Waals surface area (Å²) in [6.07, 6.45) is 0. The highest BCUT2D eigenvalue weighted by Crippen LogP contribution is 2.26. The Morgan fingerprint density at radius 3 is 2.52 bits per heavy atom. The van der Waals surface area contributed by atoms with Gasteiger partial charge in [0.2, 0.25) is 0 Å². The van der Waals surface area contributed by atoms with Crippen LogP contribution in [0.4, 0.5) is 11.4 Å². The number of nitrogen functional groups attached to an aromatic ring is 1. The van der Waals surface area contributed by atoms with Gasteiger partial charge >= 0.3 is 16.2 Å². The van der Waals surface area contributed by atoms with Gasteiger partial charge in [-0.3, -0.25) is 4.79 Å². The van der Waals surface area contributed by atoms with Gasteiger partial charge in [0.15, 0.2) is 0 Å². The van der Waals surface area contributed by atoms with Crippen molar-refractivity contribution in [3.63, 3.8) is 0 Å². The summed E-state index contributed by atoms with van der Waals surface area (Å²) >= 11 is 0. The van der Waals surface area contributed by atoms with E-state index in [0.717, 1.165) is 4.31 Å². The first-order chi connectivity index (χ1) is 9.93. The van der Waals surface area contributed by atoms with Crippen molar-refractivity contribution in [2.45, 2.75) is 0 Å². The smallest absolute Gasteiger partial charge is 0.324 e. The van der Waals surface area contributed by atoms with Crippen LogP contribution in [0.15, 0.2) is 24.3 Å². The van der Waals surface area contributed by atoms with Gasteiger partial charge in [0.25, 0.3) is 0 Å². The number of para-hydroxylation sites is 2. The van der Waals surface area contributed by atoms with Crippen molar-refractivity contribution in [3.8, 4) is 0 Å². The van der Waals surface area contributed by atoms with E-state index in [1.54, 1.807) is 12.1 Å². The average Bonchev–Trinajstić information content (AvgIpc) is 2.46. The van der Waals surface area contributed by atoms with Crippen LogP contribution in [0.25, 0.3) is 0 Å². The van der Waals surface area contributed by atoms with Crippen LogP contribution in [0.2, 0.25) is 0 Å². The number of hydrogen-bond donors (Lipinski definition) is 2. The molecule has 1 saturated heterocycles. The molecule has 0 atom stereocenters. The minimum absolute atomic E-state index is 0.159. The van der Waals surface area contributed by atoms with Crippen LogP contribution in [0.3, 0.4) is 0 Å². The van der Waals surface area contributed by atoms with E-state index >= 15 is 0 Å². The SMILES string of the molecule is Nc1ccccc1N(CC(=O)O)S(=O)(=O)N1CCOCC1. The van der Waals surface area contributed by atoms with Gasteiger partial charge in [0, 0.05) is 13.1 Å². The minimum atomic E-state index is -3.97.